The zero-order valence-corrected chi connectivity index (χ0v) is 9.78. The number of benzene rings is 1. The van der Waals surface area contributed by atoms with Gasteiger partial charge in [0.05, 0.1) is 6.04 Å². The van der Waals surface area contributed by atoms with Crippen LogP contribution in [0.25, 0.3) is 0 Å². The average molecular weight is 240 g/mol. The molecule has 2 N–H and O–H groups in total. The Morgan fingerprint density at radius 1 is 1.31 bits per heavy atom. The number of aromatic nitrogens is 2. The van der Waals surface area contributed by atoms with E-state index in [1.165, 1.54) is 5.56 Å². The number of halogens is 1. The molecule has 1 unspecified atom stereocenters. The summed E-state index contributed by atoms with van der Waals surface area (Å²) in [4.78, 5) is 4.10. The van der Waals surface area contributed by atoms with E-state index in [1.807, 2.05) is 30.3 Å². The molecule has 1 aromatic heterocycles. The van der Waals surface area contributed by atoms with Gasteiger partial charge in [-0.3, -0.25) is 0 Å². The maximum atomic E-state index is 5.94. The zero-order chi connectivity index (χ0) is 10.7. The molecular formula is C11H14ClN3O. The summed E-state index contributed by atoms with van der Waals surface area (Å²) in [5, 5.41) is 3.71. The normalized spacial score (nSPS) is 11.9. The van der Waals surface area contributed by atoms with Crippen LogP contribution >= 0.6 is 12.4 Å². The second-order valence-electron chi connectivity index (χ2n) is 3.48. The van der Waals surface area contributed by atoms with Gasteiger partial charge in [-0.15, -0.1) is 12.4 Å². The summed E-state index contributed by atoms with van der Waals surface area (Å²) in [6.45, 7) is 1.78. The highest BCUT2D eigenvalue weighted by Crippen LogP contribution is 2.13. The summed E-state index contributed by atoms with van der Waals surface area (Å²) < 4.78 is 5.01. The molecule has 0 spiro atoms. The maximum Gasteiger partial charge on any atom is 0.243 e. The summed E-state index contributed by atoms with van der Waals surface area (Å²) in [6.07, 6.45) is 0.711. The zero-order valence-electron chi connectivity index (χ0n) is 8.96. The predicted molar refractivity (Wildman–Crippen MR) is 63.4 cm³/mol. The summed E-state index contributed by atoms with van der Waals surface area (Å²) in [6, 6.07) is 9.79. The Bertz CT molecular complexity index is 430. The summed E-state index contributed by atoms with van der Waals surface area (Å²) in [5.41, 5.74) is 7.11. The summed E-state index contributed by atoms with van der Waals surface area (Å²) >= 11 is 0. The molecule has 0 fully saturated rings. The van der Waals surface area contributed by atoms with E-state index in [-0.39, 0.29) is 18.4 Å². The van der Waals surface area contributed by atoms with Gasteiger partial charge in [-0.2, -0.15) is 4.98 Å². The minimum Gasteiger partial charge on any atom is -0.338 e. The third-order valence-corrected chi connectivity index (χ3v) is 2.16. The molecule has 0 aliphatic heterocycles. The number of rotatable bonds is 3. The van der Waals surface area contributed by atoms with Crippen LogP contribution in [0.2, 0.25) is 0 Å². The summed E-state index contributed by atoms with van der Waals surface area (Å²) in [7, 11) is 0. The molecule has 0 aliphatic carbocycles. The Hall–Kier alpha value is -1.39. The van der Waals surface area contributed by atoms with E-state index in [0.29, 0.717) is 18.1 Å². The standard InChI is InChI=1S/C11H13N3O.ClH/c1-8-13-11(15-14-8)10(12)7-9-5-3-2-4-6-9;/h2-6,10H,7,12H2,1H3;1H. The van der Waals surface area contributed by atoms with Crippen molar-refractivity contribution in [3.8, 4) is 0 Å². The second-order valence-corrected chi connectivity index (χ2v) is 3.48. The predicted octanol–water partition coefficient (Wildman–Crippen LogP) is 2.04. The molecular weight excluding hydrogens is 226 g/mol. The van der Waals surface area contributed by atoms with Gasteiger partial charge >= 0.3 is 0 Å². The van der Waals surface area contributed by atoms with Gasteiger partial charge in [0, 0.05) is 0 Å². The van der Waals surface area contributed by atoms with Gasteiger partial charge in [-0.05, 0) is 18.9 Å². The van der Waals surface area contributed by atoms with Crippen molar-refractivity contribution >= 4 is 12.4 Å². The van der Waals surface area contributed by atoms with E-state index in [2.05, 4.69) is 10.1 Å². The van der Waals surface area contributed by atoms with Crippen molar-refractivity contribution < 1.29 is 4.52 Å². The van der Waals surface area contributed by atoms with Crippen molar-refractivity contribution in [2.75, 3.05) is 0 Å². The van der Waals surface area contributed by atoms with Crippen LogP contribution in [0.3, 0.4) is 0 Å². The SMILES string of the molecule is Cc1noc(C(N)Cc2ccccc2)n1.Cl. The first-order valence-corrected chi connectivity index (χ1v) is 4.85. The third-order valence-electron chi connectivity index (χ3n) is 2.16. The number of hydrogen-bond donors (Lipinski definition) is 1. The quantitative estimate of drug-likeness (QED) is 0.890. The number of nitrogens with two attached hydrogens (primary N) is 1. The van der Waals surface area contributed by atoms with E-state index in [1.54, 1.807) is 6.92 Å². The van der Waals surface area contributed by atoms with Gasteiger partial charge in [0.2, 0.25) is 5.89 Å². The lowest BCUT2D eigenvalue weighted by Crippen LogP contribution is -2.13. The van der Waals surface area contributed by atoms with Gasteiger partial charge in [-0.1, -0.05) is 35.5 Å². The van der Waals surface area contributed by atoms with E-state index < -0.39 is 0 Å². The van der Waals surface area contributed by atoms with Gasteiger partial charge in [-0.25, -0.2) is 0 Å². The van der Waals surface area contributed by atoms with Crippen LogP contribution in [-0.4, -0.2) is 10.1 Å². The Morgan fingerprint density at radius 3 is 2.56 bits per heavy atom. The van der Waals surface area contributed by atoms with Crippen molar-refractivity contribution in [1.82, 2.24) is 10.1 Å². The van der Waals surface area contributed by atoms with Gasteiger partial charge in [0.15, 0.2) is 5.82 Å². The first-order valence-electron chi connectivity index (χ1n) is 4.85. The monoisotopic (exact) mass is 239 g/mol. The van der Waals surface area contributed by atoms with Gasteiger partial charge in [0.25, 0.3) is 0 Å². The fraction of sp³-hybridized carbons (Fsp3) is 0.273. The lowest BCUT2D eigenvalue weighted by atomic mass is 10.1. The van der Waals surface area contributed by atoms with Crippen molar-refractivity contribution in [2.45, 2.75) is 19.4 Å². The smallest absolute Gasteiger partial charge is 0.243 e. The van der Waals surface area contributed by atoms with Crippen LogP contribution in [0, 0.1) is 6.92 Å². The molecule has 0 bridgehead atoms. The number of hydrogen-bond acceptors (Lipinski definition) is 4. The Labute approximate surface area is 100 Å². The molecule has 2 rings (SSSR count). The van der Waals surface area contributed by atoms with Crippen LogP contribution in [0.1, 0.15) is 23.3 Å². The molecule has 2 aromatic rings. The minimum absolute atomic E-state index is 0. The highest BCUT2D eigenvalue weighted by atomic mass is 35.5. The molecule has 1 atom stereocenters. The topological polar surface area (TPSA) is 64.9 Å². The fourth-order valence-electron chi connectivity index (χ4n) is 1.42. The fourth-order valence-corrected chi connectivity index (χ4v) is 1.42. The molecule has 0 aliphatic rings. The first-order chi connectivity index (χ1) is 7.25. The van der Waals surface area contributed by atoms with Crippen LogP contribution in [0.15, 0.2) is 34.9 Å². The Morgan fingerprint density at radius 2 is 2.00 bits per heavy atom. The van der Waals surface area contributed by atoms with Crippen LogP contribution in [-0.2, 0) is 6.42 Å². The lowest BCUT2D eigenvalue weighted by Gasteiger charge is -2.05. The highest BCUT2D eigenvalue weighted by molar-refractivity contribution is 5.85. The number of aryl methyl sites for hydroxylation is 1. The third kappa shape index (κ3) is 3.05. The highest BCUT2D eigenvalue weighted by Gasteiger charge is 2.13. The largest absolute Gasteiger partial charge is 0.338 e. The Balaban J connectivity index is 0.00000128. The Kier molecular flexibility index (Phi) is 4.46. The van der Waals surface area contributed by atoms with E-state index in [9.17, 15) is 0 Å². The molecule has 0 radical (unpaired) electrons. The van der Waals surface area contributed by atoms with Gasteiger partial charge < -0.3 is 10.3 Å². The van der Waals surface area contributed by atoms with Crippen molar-refractivity contribution in [3.63, 3.8) is 0 Å². The maximum absolute atomic E-state index is 5.94. The van der Waals surface area contributed by atoms with E-state index in [4.69, 9.17) is 10.3 Å². The molecule has 0 saturated carbocycles. The van der Waals surface area contributed by atoms with Crippen LogP contribution < -0.4 is 5.73 Å². The van der Waals surface area contributed by atoms with E-state index in [0.717, 1.165) is 0 Å². The minimum atomic E-state index is -0.228. The van der Waals surface area contributed by atoms with Crippen LogP contribution in [0.5, 0.6) is 0 Å². The van der Waals surface area contributed by atoms with Crippen molar-refractivity contribution in [3.05, 3.63) is 47.6 Å². The lowest BCUT2D eigenvalue weighted by molar-refractivity contribution is 0.351. The number of nitrogens with zero attached hydrogens (tertiary/aromatic N) is 2. The van der Waals surface area contributed by atoms with E-state index >= 15 is 0 Å². The summed E-state index contributed by atoms with van der Waals surface area (Å²) in [5.74, 6) is 1.12. The molecule has 5 heteroatoms. The molecule has 86 valence electrons. The molecule has 1 heterocycles. The van der Waals surface area contributed by atoms with Crippen molar-refractivity contribution in [1.29, 1.82) is 0 Å². The average Bonchev–Trinajstić information content (AvgIpc) is 2.66. The van der Waals surface area contributed by atoms with Gasteiger partial charge in [0.1, 0.15) is 0 Å². The first kappa shape index (κ1) is 12.7. The second kappa shape index (κ2) is 5.63. The molecule has 0 amide bonds. The molecule has 16 heavy (non-hydrogen) atoms. The van der Waals surface area contributed by atoms with Crippen molar-refractivity contribution in [2.24, 2.45) is 5.73 Å². The molecule has 4 nitrogen and oxygen atoms in total. The molecule has 1 aromatic carbocycles. The molecule has 0 saturated heterocycles. The van der Waals surface area contributed by atoms with Crippen LogP contribution in [0.4, 0.5) is 0 Å².